The molecule has 1 aromatic heterocycles. The summed E-state index contributed by atoms with van der Waals surface area (Å²) < 4.78 is 19.3. The monoisotopic (exact) mass is 388 g/mol. The Bertz CT molecular complexity index is 875. The van der Waals surface area contributed by atoms with Crippen molar-refractivity contribution in [2.24, 2.45) is 10.9 Å². The van der Waals surface area contributed by atoms with E-state index in [1.807, 2.05) is 32.6 Å². The van der Waals surface area contributed by atoms with Gasteiger partial charge in [0.1, 0.15) is 23.7 Å². The van der Waals surface area contributed by atoms with E-state index in [0.29, 0.717) is 24.6 Å². The Labute approximate surface area is 165 Å². The number of carbonyl (C=O) groups excluding carboxylic acids is 1. The van der Waals surface area contributed by atoms with Gasteiger partial charge in [-0.05, 0) is 38.5 Å². The van der Waals surface area contributed by atoms with Gasteiger partial charge in [0.05, 0.1) is 0 Å². The molecule has 0 spiro atoms. The van der Waals surface area contributed by atoms with E-state index in [2.05, 4.69) is 15.6 Å². The summed E-state index contributed by atoms with van der Waals surface area (Å²) in [4.78, 5) is 18.7. The van der Waals surface area contributed by atoms with Crippen LogP contribution in [0, 0.1) is 18.7 Å². The fraction of sp³-hybridized carbons (Fsp3) is 0.524. The number of likely N-dealkylation sites (tertiary alicyclic amines) is 1. The topological polar surface area (TPSA) is 69.9 Å². The molecule has 0 saturated carbocycles. The maximum atomic E-state index is 13.5. The SMILES string of the molecule is CCNC(=NCc1oc2ccc(F)cc2c1C)NC1CCN(C(=O)C(C)C)C1. The molecule has 7 heteroatoms. The number of fused-ring (bicyclic) bond motifs is 1. The third-order valence-electron chi connectivity index (χ3n) is 5.06. The first-order chi connectivity index (χ1) is 13.4. The highest BCUT2D eigenvalue weighted by atomic mass is 19.1. The number of halogens is 1. The van der Waals surface area contributed by atoms with Crippen molar-refractivity contribution in [3.63, 3.8) is 0 Å². The van der Waals surface area contributed by atoms with E-state index in [0.717, 1.165) is 36.2 Å². The minimum absolute atomic E-state index is 0.0153. The number of nitrogens with zero attached hydrogens (tertiary/aromatic N) is 2. The third kappa shape index (κ3) is 4.46. The van der Waals surface area contributed by atoms with Crippen molar-refractivity contribution in [2.75, 3.05) is 19.6 Å². The Morgan fingerprint density at radius 1 is 1.43 bits per heavy atom. The summed E-state index contributed by atoms with van der Waals surface area (Å²) in [5.41, 5.74) is 1.57. The lowest BCUT2D eigenvalue weighted by Gasteiger charge is -2.20. The molecule has 1 aliphatic rings. The van der Waals surface area contributed by atoms with Gasteiger partial charge in [-0.25, -0.2) is 9.38 Å². The highest BCUT2D eigenvalue weighted by Crippen LogP contribution is 2.26. The molecule has 0 bridgehead atoms. The number of nitrogens with one attached hydrogen (secondary N) is 2. The van der Waals surface area contributed by atoms with Crippen molar-refractivity contribution in [1.29, 1.82) is 0 Å². The van der Waals surface area contributed by atoms with Gasteiger partial charge in [-0.3, -0.25) is 4.79 Å². The van der Waals surface area contributed by atoms with Gasteiger partial charge in [-0.2, -0.15) is 0 Å². The summed E-state index contributed by atoms with van der Waals surface area (Å²) in [5.74, 6) is 1.35. The predicted octanol–water partition coefficient (Wildman–Crippen LogP) is 3.19. The molecule has 6 nitrogen and oxygen atoms in total. The zero-order valence-corrected chi connectivity index (χ0v) is 17.0. The van der Waals surface area contributed by atoms with Crippen LogP contribution in [0.5, 0.6) is 0 Å². The van der Waals surface area contributed by atoms with E-state index in [1.165, 1.54) is 12.1 Å². The second kappa shape index (κ2) is 8.63. The first kappa shape index (κ1) is 20.2. The third-order valence-corrected chi connectivity index (χ3v) is 5.06. The normalized spacial score (nSPS) is 17.6. The van der Waals surface area contributed by atoms with E-state index in [4.69, 9.17) is 4.42 Å². The zero-order valence-electron chi connectivity index (χ0n) is 17.0. The molecule has 1 aromatic carbocycles. The van der Waals surface area contributed by atoms with Crippen LogP contribution in [0.4, 0.5) is 4.39 Å². The zero-order chi connectivity index (χ0) is 20.3. The number of aliphatic imine (C=N–C) groups is 1. The number of aryl methyl sites for hydroxylation is 1. The van der Waals surface area contributed by atoms with Gasteiger partial charge in [-0.1, -0.05) is 13.8 Å². The minimum Gasteiger partial charge on any atom is -0.459 e. The summed E-state index contributed by atoms with van der Waals surface area (Å²) in [7, 11) is 0. The molecule has 2 N–H and O–H groups in total. The van der Waals surface area contributed by atoms with Crippen LogP contribution < -0.4 is 10.6 Å². The molecule has 28 heavy (non-hydrogen) atoms. The Morgan fingerprint density at radius 2 is 2.21 bits per heavy atom. The first-order valence-corrected chi connectivity index (χ1v) is 9.90. The van der Waals surface area contributed by atoms with Crippen LogP contribution in [0.25, 0.3) is 11.0 Å². The van der Waals surface area contributed by atoms with Crippen LogP contribution in [0.3, 0.4) is 0 Å². The van der Waals surface area contributed by atoms with Crippen molar-refractivity contribution >= 4 is 22.8 Å². The molecular weight excluding hydrogens is 359 g/mol. The maximum absolute atomic E-state index is 13.5. The summed E-state index contributed by atoms with van der Waals surface area (Å²) in [5, 5.41) is 7.44. The number of hydrogen-bond acceptors (Lipinski definition) is 3. The lowest BCUT2D eigenvalue weighted by Crippen LogP contribution is -2.45. The number of guanidine groups is 1. The molecule has 1 unspecified atom stereocenters. The molecule has 1 amide bonds. The fourth-order valence-corrected chi connectivity index (χ4v) is 3.50. The van der Waals surface area contributed by atoms with Gasteiger partial charge >= 0.3 is 0 Å². The smallest absolute Gasteiger partial charge is 0.225 e. The Kier molecular flexibility index (Phi) is 6.21. The maximum Gasteiger partial charge on any atom is 0.225 e. The van der Waals surface area contributed by atoms with Crippen molar-refractivity contribution in [2.45, 2.75) is 46.7 Å². The lowest BCUT2D eigenvalue weighted by atomic mass is 10.1. The number of amides is 1. The first-order valence-electron chi connectivity index (χ1n) is 9.90. The van der Waals surface area contributed by atoms with Crippen LogP contribution in [0.2, 0.25) is 0 Å². The van der Waals surface area contributed by atoms with E-state index in [-0.39, 0.29) is 23.7 Å². The molecule has 2 heterocycles. The number of furan rings is 1. The summed E-state index contributed by atoms with van der Waals surface area (Å²) in [6.45, 7) is 10.3. The van der Waals surface area contributed by atoms with Crippen LogP contribution in [0.1, 0.15) is 38.5 Å². The van der Waals surface area contributed by atoms with Crippen molar-refractivity contribution in [1.82, 2.24) is 15.5 Å². The summed E-state index contributed by atoms with van der Waals surface area (Å²) in [6, 6.07) is 4.71. The van der Waals surface area contributed by atoms with Gasteiger partial charge in [-0.15, -0.1) is 0 Å². The van der Waals surface area contributed by atoms with E-state index < -0.39 is 0 Å². The van der Waals surface area contributed by atoms with Crippen molar-refractivity contribution in [3.8, 4) is 0 Å². The quantitative estimate of drug-likeness (QED) is 0.610. The number of hydrogen-bond donors (Lipinski definition) is 2. The van der Waals surface area contributed by atoms with Crippen LogP contribution >= 0.6 is 0 Å². The van der Waals surface area contributed by atoms with Crippen molar-refractivity contribution < 1.29 is 13.6 Å². The van der Waals surface area contributed by atoms with Crippen LogP contribution in [-0.4, -0.2) is 42.4 Å². The standard InChI is InChI=1S/C21H29FN4O2/c1-5-23-21(25-16-8-9-26(12-16)20(27)13(2)3)24-11-19-14(4)17-10-15(22)6-7-18(17)28-19/h6-7,10,13,16H,5,8-9,11-12H2,1-4H3,(H2,23,24,25). The van der Waals surface area contributed by atoms with Gasteiger partial charge in [0.25, 0.3) is 0 Å². The Hall–Kier alpha value is -2.57. The molecular formula is C21H29FN4O2. The molecule has 3 rings (SSSR count). The molecule has 0 aliphatic carbocycles. The second-order valence-corrected chi connectivity index (χ2v) is 7.55. The highest BCUT2D eigenvalue weighted by Gasteiger charge is 2.28. The molecule has 0 radical (unpaired) electrons. The van der Waals surface area contributed by atoms with Crippen LogP contribution in [0.15, 0.2) is 27.6 Å². The highest BCUT2D eigenvalue weighted by molar-refractivity contribution is 5.83. The van der Waals surface area contributed by atoms with Gasteiger partial charge in [0.2, 0.25) is 5.91 Å². The summed E-state index contributed by atoms with van der Waals surface area (Å²) >= 11 is 0. The Balaban J connectivity index is 1.68. The number of rotatable bonds is 5. The van der Waals surface area contributed by atoms with Gasteiger partial charge in [0.15, 0.2) is 5.96 Å². The number of benzene rings is 1. The average molecular weight is 388 g/mol. The average Bonchev–Trinajstić information content (AvgIpc) is 3.24. The minimum atomic E-state index is -0.275. The van der Waals surface area contributed by atoms with Crippen LogP contribution in [-0.2, 0) is 11.3 Å². The number of carbonyl (C=O) groups is 1. The fourth-order valence-electron chi connectivity index (χ4n) is 3.50. The molecule has 1 aliphatic heterocycles. The summed E-state index contributed by atoms with van der Waals surface area (Å²) in [6.07, 6.45) is 0.895. The molecule has 1 saturated heterocycles. The van der Waals surface area contributed by atoms with E-state index >= 15 is 0 Å². The predicted molar refractivity (Wildman–Crippen MR) is 109 cm³/mol. The molecule has 1 atom stereocenters. The Morgan fingerprint density at radius 3 is 2.93 bits per heavy atom. The largest absolute Gasteiger partial charge is 0.459 e. The van der Waals surface area contributed by atoms with E-state index in [9.17, 15) is 9.18 Å². The second-order valence-electron chi connectivity index (χ2n) is 7.55. The van der Waals surface area contributed by atoms with E-state index in [1.54, 1.807) is 6.07 Å². The van der Waals surface area contributed by atoms with Crippen molar-refractivity contribution in [3.05, 3.63) is 35.3 Å². The van der Waals surface area contributed by atoms with Gasteiger partial charge < -0.3 is 20.0 Å². The van der Waals surface area contributed by atoms with Gasteiger partial charge in [0, 0.05) is 42.5 Å². The lowest BCUT2D eigenvalue weighted by molar-refractivity contribution is -0.133. The molecule has 2 aromatic rings. The molecule has 152 valence electrons. The molecule has 1 fully saturated rings.